The van der Waals surface area contributed by atoms with Crippen LogP contribution >= 0.6 is 11.6 Å². The highest BCUT2D eigenvalue weighted by Crippen LogP contribution is 2.24. The lowest BCUT2D eigenvalue weighted by molar-refractivity contribution is 0.0955. The van der Waals surface area contributed by atoms with Crippen LogP contribution in [0.15, 0.2) is 84.1 Å². The molecule has 166 valence electrons. The number of nitrogens with zero attached hydrogens (tertiary/aromatic N) is 3. The zero-order valence-corrected chi connectivity index (χ0v) is 18.5. The Morgan fingerprint density at radius 3 is 2.58 bits per heavy atom. The molecule has 1 aromatic heterocycles. The largest absolute Gasteiger partial charge is 0.497 e. The highest BCUT2D eigenvalue weighted by atomic mass is 35.5. The van der Waals surface area contributed by atoms with E-state index in [0.717, 1.165) is 5.56 Å². The molecule has 0 atom stereocenters. The van der Waals surface area contributed by atoms with Gasteiger partial charge in [0.2, 0.25) is 0 Å². The van der Waals surface area contributed by atoms with Crippen LogP contribution in [0.3, 0.4) is 0 Å². The van der Waals surface area contributed by atoms with Crippen molar-refractivity contribution in [3.8, 4) is 17.0 Å². The summed E-state index contributed by atoms with van der Waals surface area (Å²) in [6, 6.07) is 20.8. The zero-order valence-electron chi connectivity index (χ0n) is 17.7. The molecule has 6 nitrogen and oxygen atoms in total. The third kappa shape index (κ3) is 5.27. The molecule has 1 heterocycles. The number of aromatic nitrogens is 2. The average Bonchev–Trinajstić information content (AvgIpc) is 3.24. The van der Waals surface area contributed by atoms with Crippen molar-refractivity contribution in [2.45, 2.75) is 6.54 Å². The van der Waals surface area contributed by atoms with Crippen molar-refractivity contribution in [3.63, 3.8) is 0 Å². The van der Waals surface area contributed by atoms with Gasteiger partial charge in [-0.3, -0.25) is 9.48 Å². The van der Waals surface area contributed by atoms with Gasteiger partial charge in [0, 0.05) is 33.5 Å². The number of benzene rings is 3. The molecule has 0 aliphatic heterocycles. The molecule has 1 amide bonds. The van der Waals surface area contributed by atoms with Gasteiger partial charge in [-0.05, 0) is 36.4 Å². The van der Waals surface area contributed by atoms with E-state index in [-0.39, 0.29) is 12.5 Å². The lowest BCUT2D eigenvalue weighted by Gasteiger charge is -2.05. The van der Waals surface area contributed by atoms with E-state index in [0.29, 0.717) is 33.2 Å². The van der Waals surface area contributed by atoms with Crippen molar-refractivity contribution in [2.75, 3.05) is 7.11 Å². The van der Waals surface area contributed by atoms with Crippen molar-refractivity contribution < 1.29 is 13.9 Å². The Morgan fingerprint density at radius 1 is 1.12 bits per heavy atom. The average molecular weight is 463 g/mol. The van der Waals surface area contributed by atoms with Crippen LogP contribution in [-0.2, 0) is 6.54 Å². The van der Waals surface area contributed by atoms with Crippen LogP contribution in [0.25, 0.3) is 11.3 Å². The quantitative estimate of drug-likeness (QED) is 0.304. The number of nitrogens with one attached hydrogen (secondary N) is 1. The van der Waals surface area contributed by atoms with Gasteiger partial charge in [-0.2, -0.15) is 10.2 Å². The number of amides is 1. The normalized spacial score (nSPS) is 11.0. The van der Waals surface area contributed by atoms with Crippen LogP contribution in [0.4, 0.5) is 4.39 Å². The predicted octanol–water partition coefficient (Wildman–Crippen LogP) is 5.16. The fraction of sp³-hybridized carbons (Fsp3) is 0.0800. The molecule has 8 heteroatoms. The molecule has 0 fully saturated rings. The first kappa shape index (κ1) is 22.2. The third-order valence-corrected chi connectivity index (χ3v) is 5.30. The molecular formula is C25H20ClFN4O2. The highest BCUT2D eigenvalue weighted by Gasteiger charge is 2.13. The summed E-state index contributed by atoms with van der Waals surface area (Å²) in [4.78, 5) is 12.4. The van der Waals surface area contributed by atoms with Crippen molar-refractivity contribution in [3.05, 3.63) is 107 Å². The van der Waals surface area contributed by atoms with E-state index in [1.807, 2.05) is 30.3 Å². The van der Waals surface area contributed by atoms with E-state index < -0.39 is 5.82 Å². The molecule has 0 spiro atoms. The summed E-state index contributed by atoms with van der Waals surface area (Å²) in [5.74, 6) is -0.105. The predicted molar refractivity (Wildman–Crippen MR) is 126 cm³/mol. The van der Waals surface area contributed by atoms with E-state index in [2.05, 4.69) is 15.6 Å². The maximum Gasteiger partial charge on any atom is 0.271 e. The molecule has 0 unspecified atom stereocenters. The Labute approximate surface area is 195 Å². The van der Waals surface area contributed by atoms with Gasteiger partial charge in [0.05, 0.1) is 19.9 Å². The number of ether oxygens (including phenoxy) is 1. The molecule has 0 aliphatic rings. The fourth-order valence-corrected chi connectivity index (χ4v) is 3.47. The molecule has 0 saturated heterocycles. The number of hydrogen-bond acceptors (Lipinski definition) is 4. The van der Waals surface area contributed by atoms with Crippen molar-refractivity contribution in [2.24, 2.45) is 5.10 Å². The number of halogens is 2. The number of hydrogen-bond donors (Lipinski definition) is 1. The summed E-state index contributed by atoms with van der Waals surface area (Å²) < 4.78 is 21.0. The Bertz CT molecular complexity index is 1270. The summed E-state index contributed by atoms with van der Waals surface area (Å²) in [6.07, 6.45) is 3.24. The standard InChI is InChI=1S/C25H20ClFN4O2/c1-33-20-12-10-18(11-13-20)25(32)29-28-14-19-15-31(16-21-22(26)8-5-9-23(21)27)30-24(19)17-6-3-2-4-7-17/h2-15H,16H2,1H3,(H,29,32)/b28-14+. The van der Waals surface area contributed by atoms with Crippen molar-refractivity contribution >= 4 is 23.7 Å². The Hall–Kier alpha value is -3.97. The molecule has 0 radical (unpaired) electrons. The van der Waals surface area contributed by atoms with Crippen molar-refractivity contribution in [1.82, 2.24) is 15.2 Å². The van der Waals surface area contributed by atoms with Gasteiger partial charge in [-0.15, -0.1) is 0 Å². The molecule has 33 heavy (non-hydrogen) atoms. The molecule has 1 N–H and O–H groups in total. The first-order chi connectivity index (χ1) is 16.0. The van der Waals surface area contributed by atoms with Gasteiger partial charge in [0.1, 0.15) is 17.3 Å². The third-order valence-electron chi connectivity index (χ3n) is 4.94. The first-order valence-electron chi connectivity index (χ1n) is 10.1. The summed E-state index contributed by atoms with van der Waals surface area (Å²) in [7, 11) is 1.56. The van der Waals surface area contributed by atoms with E-state index >= 15 is 0 Å². The summed E-state index contributed by atoms with van der Waals surface area (Å²) in [5.41, 5.74) is 5.46. The van der Waals surface area contributed by atoms with Crippen LogP contribution in [0.2, 0.25) is 5.02 Å². The highest BCUT2D eigenvalue weighted by molar-refractivity contribution is 6.31. The van der Waals surface area contributed by atoms with Gasteiger partial charge >= 0.3 is 0 Å². The maximum absolute atomic E-state index is 14.3. The monoisotopic (exact) mass is 462 g/mol. The second kappa shape index (κ2) is 10.1. The summed E-state index contributed by atoms with van der Waals surface area (Å²) >= 11 is 6.18. The Morgan fingerprint density at radius 2 is 1.88 bits per heavy atom. The number of methoxy groups -OCH3 is 1. The lowest BCUT2D eigenvalue weighted by Crippen LogP contribution is -2.17. The Balaban J connectivity index is 1.58. The van der Waals surface area contributed by atoms with Crippen LogP contribution in [0.5, 0.6) is 5.75 Å². The SMILES string of the molecule is COc1ccc(C(=O)N/N=C/c2cn(Cc3c(F)cccc3Cl)nc2-c2ccccc2)cc1. The van der Waals surface area contributed by atoms with Crippen LogP contribution < -0.4 is 10.2 Å². The number of carbonyl (C=O) groups is 1. The molecule has 0 aliphatic carbocycles. The number of rotatable bonds is 7. The second-order valence-corrected chi connectivity index (χ2v) is 7.53. The van der Waals surface area contributed by atoms with Gasteiger partial charge in [0.15, 0.2) is 0 Å². The van der Waals surface area contributed by atoms with Crippen LogP contribution in [-0.4, -0.2) is 29.0 Å². The lowest BCUT2D eigenvalue weighted by atomic mass is 10.1. The molecule has 3 aromatic carbocycles. The molecule has 0 saturated carbocycles. The number of hydrazone groups is 1. The van der Waals surface area contributed by atoms with E-state index in [9.17, 15) is 9.18 Å². The smallest absolute Gasteiger partial charge is 0.271 e. The Kier molecular flexibility index (Phi) is 6.80. The van der Waals surface area contributed by atoms with Crippen molar-refractivity contribution in [1.29, 1.82) is 0 Å². The zero-order chi connectivity index (χ0) is 23.2. The minimum absolute atomic E-state index is 0.150. The van der Waals surface area contributed by atoms with Gasteiger partial charge in [-0.1, -0.05) is 48.0 Å². The van der Waals surface area contributed by atoms with E-state index in [4.69, 9.17) is 16.3 Å². The van der Waals surface area contributed by atoms with E-state index in [1.165, 1.54) is 12.3 Å². The van der Waals surface area contributed by atoms with E-state index in [1.54, 1.807) is 54.4 Å². The summed E-state index contributed by atoms with van der Waals surface area (Å²) in [5, 5.41) is 9.03. The maximum atomic E-state index is 14.3. The summed E-state index contributed by atoms with van der Waals surface area (Å²) in [6.45, 7) is 0.150. The molecular weight excluding hydrogens is 443 g/mol. The fourth-order valence-electron chi connectivity index (χ4n) is 3.25. The minimum atomic E-state index is -0.402. The second-order valence-electron chi connectivity index (χ2n) is 7.12. The topological polar surface area (TPSA) is 68.5 Å². The molecule has 0 bridgehead atoms. The minimum Gasteiger partial charge on any atom is -0.497 e. The van der Waals surface area contributed by atoms with Gasteiger partial charge in [-0.25, -0.2) is 9.82 Å². The van der Waals surface area contributed by atoms with Crippen LogP contribution in [0.1, 0.15) is 21.5 Å². The van der Waals surface area contributed by atoms with Crippen LogP contribution in [0, 0.1) is 5.82 Å². The molecule has 4 rings (SSSR count). The molecule has 4 aromatic rings. The number of carbonyl (C=O) groups excluding carboxylic acids is 1. The first-order valence-corrected chi connectivity index (χ1v) is 10.5. The van der Waals surface area contributed by atoms with Gasteiger partial charge < -0.3 is 4.74 Å². The van der Waals surface area contributed by atoms with Gasteiger partial charge in [0.25, 0.3) is 5.91 Å².